The number of amides is 2. The van der Waals surface area contributed by atoms with Gasteiger partial charge in [-0.25, -0.2) is 0 Å². The van der Waals surface area contributed by atoms with Gasteiger partial charge >= 0.3 is 0 Å². The number of rotatable bonds is 6. The number of oxime groups is 1. The van der Waals surface area contributed by atoms with E-state index in [1.54, 1.807) is 0 Å². The first-order valence-corrected chi connectivity index (χ1v) is 15.0. The van der Waals surface area contributed by atoms with E-state index in [-0.39, 0.29) is 41.3 Å². The first-order valence-electron chi connectivity index (χ1n) is 14.6. The maximum absolute atomic E-state index is 14.1. The van der Waals surface area contributed by atoms with E-state index in [9.17, 15) is 14.8 Å². The van der Waals surface area contributed by atoms with Crippen LogP contribution in [0.25, 0.3) is 0 Å². The maximum Gasteiger partial charge on any atom is 0.234 e. The van der Waals surface area contributed by atoms with Crippen LogP contribution in [0.15, 0.2) is 29.4 Å². The summed E-state index contributed by atoms with van der Waals surface area (Å²) in [6, 6.07) is 8.07. The number of likely N-dealkylation sites (tertiary alicyclic amines) is 2. The van der Waals surface area contributed by atoms with Crippen LogP contribution >= 0.6 is 11.6 Å². The zero-order valence-corrected chi connectivity index (χ0v) is 25.3. The monoisotopic (exact) mass is 558 g/mol. The van der Waals surface area contributed by atoms with Gasteiger partial charge in [-0.3, -0.25) is 14.5 Å². The van der Waals surface area contributed by atoms with Crippen molar-refractivity contribution in [2.45, 2.75) is 97.2 Å². The Labute approximate surface area is 239 Å². The van der Waals surface area contributed by atoms with Gasteiger partial charge in [-0.1, -0.05) is 30.7 Å². The summed E-state index contributed by atoms with van der Waals surface area (Å²) in [6.45, 7) is 15.3. The van der Waals surface area contributed by atoms with Crippen molar-refractivity contribution in [3.05, 3.63) is 34.9 Å². The fourth-order valence-corrected chi connectivity index (χ4v) is 6.86. The third-order valence-corrected chi connectivity index (χ3v) is 9.55. The minimum absolute atomic E-state index is 0.0158. The van der Waals surface area contributed by atoms with E-state index in [0.29, 0.717) is 24.0 Å². The Morgan fingerprint density at radius 3 is 2.21 bits per heavy atom. The number of benzene rings is 1. The molecule has 2 amide bonds. The first-order chi connectivity index (χ1) is 18.3. The lowest BCUT2D eigenvalue weighted by molar-refractivity contribution is -0.144. The maximum atomic E-state index is 14.1. The van der Waals surface area contributed by atoms with Crippen molar-refractivity contribution in [2.24, 2.45) is 22.4 Å². The average Bonchev–Trinajstić information content (AvgIpc) is 3.54. The Bertz CT molecular complexity index is 1040. The molecule has 1 aliphatic carbocycles. The van der Waals surface area contributed by atoms with Crippen LogP contribution in [0.1, 0.15) is 85.1 Å². The molecule has 0 bridgehead atoms. The molecule has 3 aliphatic rings. The van der Waals surface area contributed by atoms with Crippen LogP contribution in [0.5, 0.6) is 0 Å². The lowest BCUT2D eigenvalue weighted by Gasteiger charge is -2.42. The summed E-state index contributed by atoms with van der Waals surface area (Å²) >= 11 is 6.18. The van der Waals surface area contributed by atoms with Crippen LogP contribution in [0.2, 0.25) is 5.02 Å². The molecule has 3 atom stereocenters. The van der Waals surface area contributed by atoms with Gasteiger partial charge in [-0.2, -0.15) is 0 Å². The van der Waals surface area contributed by atoms with Crippen LogP contribution in [0, 0.1) is 17.3 Å². The summed E-state index contributed by atoms with van der Waals surface area (Å²) in [7, 11) is 0. The predicted octanol–water partition coefficient (Wildman–Crippen LogP) is 5.65. The van der Waals surface area contributed by atoms with Crippen molar-refractivity contribution in [3.63, 3.8) is 0 Å². The van der Waals surface area contributed by atoms with Crippen LogP contribution < -0.4 is 0 Å². The second kappa shape index (κ2) is 11.8. The summed E-state index contributed by atoms with van der Waals surface area (Å²) < 4.78 is 0. The largest absolute Gasteiger partial charge is 0.411 e. The Hall–Kier alpha value is -2.12. The Kier molecular flexibility index (Phi) is 9.02. The third-order valence-electron chi connectivity index (χ3n) is 9.30. The van der Waals surface area contributed by atoms with Gasteiger partial charge in [0.1, 0.15) is 0 Å². The van der Waals surface area contributed by atoms with E-state index in [2.05, 4.69) is 54.8 Å². The second-order valence-electron chi connectivity index (χ2n) is 13.7. The van der Waals surface area contributed by atoms with Crippen LogP contribution in [-0.4, -0.2) is 81.7 Å². The molecule has 3 fully saturated rings. The highest BCUT2D eigenvalue weighted by atomic mass is 35.5. The molecule has 1 saturated carbocycles. The number of nitrogens with zero attached hydrogens (tertiary/aromatic N) is 4. The number of carbonyl (C=O) groups excluding carboxylic acids is 2. The minimum atomic E-state index is -0.909. The van der Waals surface area contributed by atoms with E-state index < -0.39 is 5.41 Å². The summed E-state index contributed by atoms with van der Waals surface area (Å²) in [4.78, 5) is 34.5. The highest BCUT2D eigenvalue weighted by molar-refractivity contribution is 6.30. The normalized spacial score (nSPS) is 28.8. The molecule has 0 unspecified atom stereocenters. The molecule has 0 spiro atoms. The highest BCUT2D eigenvalue weighted by Gasteiger charge is 2.47. The van der Waals surface area contributed by atoms with E-state index in [0.717, 1.165) is 50.8 Å². The molecule has 216 valence electrons. The van der Waals surface area contributed by atoms with Gasteiger partial charge in [0.25, 0.3) is 0 Å². The minimum Gasteiger partial charge on any atom is -0.411 e. The lowest BCUT2D eigenvalue weighted by atomic mass is 9.84. The quantitative estimate of drug-likeness (QED) is 0.278. The summed E-state index contributed by atoms with van der Waals surface area (Å²) in [5.41, 5.74) is 0.209. The molecule has 1 N–H and O–H groups in total. The van der Waals surface area contributed by atoms with Crippen molar-refractivity contribution < 1.29 is 14.8 Å². The zero-order valence-electron chi connectivity index (χ0n) is 24.6. The zero-order chi connectivity index (χ0) is 28.5. The van der Waals surface area contributed by atoms with Crippen molar-refractivity contribution in [3.8, 4) is 0 Å². The van der Waals surface area contributed by atoms with Crippen LogP contribution in [0.4, 0.5) is 0 Å². The number of carbonyl (C=O) groups is 2. The standard InChI is InChI=1S/C31H47ClN4O3/c1-21-7-13-24(14-8-21)36(29(38)31(5,6)20-33-39)25-15-16-34(17-25)28(37)27-19-35(30(2,3)4)18-26(27)22-9-11-23(32)12-10-22/h9-12,20-21,24-27,39H,7-8,13-19H2,1-6H3/b33-20+/t21?,24?,25-,26-,27+/m0/s1. The molecule has 2 aliphatic heterocycles. The summed E-state index contributed by atoms with van der Waals surface area (Å²) in [5, 5.41) is 13.1. The van der Waals surface area contributed by atoms with Crippen LogP contribution in [-0.2, 0) is 9.59 Å². The van der Waals surface area contributed by atoms with Crippen molar-refractivity contribution in [2.75, 3.05) is 26.2 Å². The average molecular weight is 559 g/mol. The Morgan fingerprint density at radius 1 is 0.974 bits per heavy atom. The first kappa shape index (κ1) is 29.9. The number of hydrogen-bond acceptors (Lipinski definition) is 5. The van der Waals surface area contributed by atoms with Gasteiger partial charge in [-0.15, -0.1) is 5.16 Å². The fraction of sp³-hybridized carbons (Fsp3) is 0.710. The smallest absolute Gasteiger partial charge is 0.234 e. The molecule has 7 nitrogen and oxygen atoms in total. The molecule has 2 heterocycles. The molecule has 0 radical (unpaired) electrons. The molecule has 8 heteroatoms. The van der Waals surface area contributed by atoms with E-state index in [1.165, 1.54) is 6.21 Å². The lowest BCUT2D eigenvalue weighted by Crippen LogP contribution is -2.54. The van der Waals surface area contributed by atoms with E-state index >= 15 is 0 Å². The van der Waals surface area contributed by atoms with Crippen molar-refractivity contribution in [1.82, 2.24) is 14.7 Å². The van der Waals surface area contributed by atoms with Gasteiger partial charge in [0, 0.05) is 48.7 Å². The third kappa shape index (κ3) is 6.62. The Morgan fingerprint density at radius 2 is 1.62 bits per heavy atom. The SMILES string of the molecule is CC1CCC(N(C(=O)C(C)(C)/C=N/O)[C@H]2CCN(C(=O)[C@@H]3CN(C(C)(C)C)C[C@H]3c3ccc(Cl)cc3)C2)CC1. The van der Waals surface area contributed by atoms with Gasteiger partial charge in [-0.05, 0) is 90.3 Å². The van der Waals surface area contributed by atoms with Crippen molar-refractivity contribution >= 4 is 29.6 Å². The molecule has 0 aromatic heterocycles. The van der Waals surface area contributed by atoms with E-state index in [4.69, 9.17) is 11.6 Å². The van der Waals surface area contributed by atoms with E-state index in [1.807, 2.05) is 30.9 Å². The topological polar surface area (TPSA) is 76.5 Å². The van der Waals surface area contributed by atoms with Gasteiger partial charge in [0.2, 0.25) is 11.8 Å². The fourth-order valence-electron chi connectivity index (χ4n) is 6.74. The van der Waals surface area contributed by atoms with Gasteiger partial charge in [0.05, 0.1) is 23.6 Å². The molecule has 1 aromatic rings. The highest BCUT2D eigenvalue weighted by Crippen LogP contribution is 2.39. The van der Waals surface area contributed by atoms with Gasteiger partial charge in [0.15, 0.2) is 0 Å². The summed E-state index contributed by atoms with van der Waals surface area (Å²) in [5.74, 6) is 0.805. The molecular weight excluding hydrogens is 512 g/mol. The number of halogens is 1. The van der Waals surface area contributed by atoms with Crippen LogP contribution in [0.3, 0.4) is 0 Å². The van der Waals surface area contributed by atoms with Crippen molar-refractivity contribution in [1.29, 1.82) is 0 Å². The molecule has 2 saturated heterocycles. The molecule has 1 aromatic carbocycles. The number of hydrogen-bond donors (Lipinski definition) is 1. The second-order valence-corrected chi connectivity index (χ2v) is 14.1. The molecular formula is C31H47ClN4O3. The molecule has 4 rings (SSSR count). The Balaban J connectivity index is 1.55. The molecule has 39 heavy (non-hydrogen) atoms. The summed E-state index contributed by atoms with van der Waals surface area (Å²) in [6.07, 6.45) is 6.27. The predicted molar refractivity (Wildman–Crippen MR) is 156 cm³/mol. The van der Waals surface area contributed by atoms with Gasteiger partial charge < -0.3 is 15.0 Å².